The van der Waals surface area contributed by atoms with Crippen molar-refractivity contribution < 1.29 is 23.6 Å². The molecule has 2 heterocycles. The van der Waals surface area contributed by atoms with Crippen LogP contribution in [0.15, 0.2) is 63.1 Å². The van der Waals surface area contributed by atoms with Gasteiger partial charge in [-0.1, -0.05) is 6.07 Å². The normalized spacial score (nSPS) is 14.5. The molecule has 0 fully saturated rings. The Morgan fingerprint density at radius 1 is 1.20 bits per heavy atom. The molecule has 35 heavy (non-hydrogen) atoms. The molecule has 0 spiro atoms. The number of nitrogens with zero attached hydrogens (tertiary/aromatic N) is 2. The number of hydrogen-bond acceptors (Lipinski definition) is 9. The van der Waals surface area contributed by atoms with Crippen molar-refractivity contribution in [3.05, 3.63) is 102 Å². The second kappa shape index (κ2) is 9.23. The van der Waals surface area contributed by atoms with E-state index in [9.17, 15) is 20.2 Å². The second-order valence-corrected chi connectivity index (χ2v) is 7.91. The molecule has 0 amide bonds. The van der Waals surface area contributed by atoms with Gasteiger partial charge in [0.05, 0.1) is 23.5 Å². The summed E-state index contributed by atoms with van der Waals surface area (Å²) in [6, 6.07) is 13.2. The van der Waals surface area contributed by atoms with E-state index in [1.165, 1.54) is 19.2 Å². The van der Waals surface area contributed by atoms with Crippen molar-refractivity contribution in [2.45, 2.75) is 26.4 Å². The van der Waals surface area contributed by atoms with Crippen LogP contribution >= 0.6 is 0 Å². The highest BCUT2D eigenvalue weighted by atomic mass is 16.6. The first-order valence-electron chi connectivity index (χ1n) is 10.5. The first-order valence-corrected chi connectivity index (χ1v) is 10.5. The lowest BCUT2D eigenvalue weighted by Crippen LogP contribution is -2.26. The summed E-state index contributed by atoms with van der Waals surface area (Å²) in [6.07, 6.45) is 0. The third kappa shape index (κ3) is 4.39. The van der Waals surface area contributed by atoms with Gasteiger partial charge in [-0.25, -0.2) is 4.79 Å². The zero-order valence-electron chi connectivity index (χ0n) is 19.2. The predicted molar refractivity (Wildman–Crippen MR) is 124 cm³/mol. The maximum Gasteiger partial charge on any atom is 0.343 e. The standard InChI is InChI=1S/C25H21N3O7/c1-13-8-17(5-6-19(13)28(30)31)33-12-16-10-15(4-7-20(16)32-3)22-18(11-26)24(27)35-21-9-14(2)34-25(29)23(21)22/h4-10,22H,12,27H2,1-3H3. The Balaban J connectivity index is 1.74. The molecular weight excluding hydrogens is 454 g/mol. The molecule has 2 aromatic carbocycles. The van der Waals surface area contributed by atoms with E-state index in [1.54, 1.807) is 44.2 Å². The number of aryl methyl sites for hydroxylation is 2. The van der Waals surface area contributed by atoms with Gasteiger partial charge in [0.1, 0.15) is 41.3 Å². The van der Waals surface area contributed by atoms with Gasteiger partial charge in [0.2, 0.25) is 5.88 Å². The first kappa shape index (κ1) is 23.4. The largest absolute Gasteiger partial charge is 0.496 e. The minimum absolute atomic E-state index is 0.00223. The summed E-state index contributed by atoms with van der Waals surface area (Å²) in [5.74, 6) is 0.635. The van der Waals surface area contributed by atoms with E-state index in [0.717, 1.165) is 0 Å². The van der Waals surface area contributed by atoms with Crippen molar-refractivity contribution in [2.24, 2.45) is 5.73 Å². The summed E-state index contributed by atoms with van der Waals surface area (Å²) < 4.78 is 22.1. The lowest BCUT2D eigenvalue weighted by Gasteiger charge is -2.25. The fourth-order valence-electron chi connectivity index (χ4n) is 4.03. The number of allylic oxidation sites excluding steroid dienone is 1. The van der Waals surface area contributed by atoms with Crippen LogP contribution in [-0.2, 0) is 6.61 Å². The number of fused-ring (bicyclic) bond motifs is 1. The molecule has 0 aliphatic carbocycles. The summed E-state index contributed by atoms with van der Waals surface area (Å²) in [6.45, 7) is 3.30. The molecule has 3 aromatic rings. The average molecular weight is 475 g/mol. The van der Waals surface area contributed by atoms with Crippen LogP contribution < -0.4 is 25.6 Å². The maximum absolute atomic E-state index is 12.7. The van der Waals surface area contributed by atoms with Gasteiger partial charge >= 0.3 is 5.63 Å². The number of nitrogens with two attached hydrogens (primary N) is 1. The molecular formula is C25H21N3O7. The van der Waals surface area contributed by atoms with Crippen molar-refractivity contribution in [1.29, 1.82) is 5.26 Å². The van der Waals surface area contributed by atoms with Crippen LogP contribution in [0, 0.1) is 35.3 Å². The van der Waals surface area contributed by atoms with Gasteiger partial charge in [-0.2, -0.15) is 5.26 Å². The molecule has 0 saturated heterocycles. The van der Waals surface area contributed by atoms with E-state index >= 15 is 0 Å². The number of ether oxygens (including phenoxy) is 3. The molecule has 4 rings (SSSR count). The Hall–Kier alpha value is -4.78. The van der Waals surface area contributed by atoms with Gasteiger partial charge in [-0.3, -0.25) is 10.1 Å². The first-order chi connectivity index (χ1) is 16.7. The van der Waals surface area contributed by atoms with Gasteiger partial charge in [0, 0.05) is 23.3 Å². The van der Waals surface area contributed by atoms with Gasteiger partial charge in [-0.05, 0) is 43.7 Å². The summed E-state index contributed by atoms with van der Waals surface area (Å²) >= 11 is 0. The lowest BCUT2D eigenvalue weighted by atomic mass is 9.83. The van der Waals surface area contributed by atoms with Crippen molar-refractivity contribution in [2.75, 3.05) is 7.11 Å². The highest BCUT2D eigenvalue weighted by Gasteiger charge is 2.34. The molecule has 0 saturated carbocycles. The molecule has 1 aromatic heterocycles. The smallest absolute Gasteiger partial charge is 0.343 e. The molecule has 1 aliphatic heterocycles. The number of rotatable bonds is 6. The minimum Gasteiger partial charge on any atom is -0.496 e. The molecule has 10 heteroatoms. The van der Waals surface area contributed by atoms with E-state index in [4.69, 9.17) is 24.4 Å². The average Bonchev–Trinajstić information content (AvgIpc) is 2.81. The molecule has 10 nitrogen and oxygen atoms in total. The Bertz CT molecular complexity index is 1470. The lowest BCUT2D eigenvalue weighted by molar-refractivity contribution is -0.385. The van der Waals surface area contributed by atoms with Gasteiger partial charge in [0.25, 0.3) is 5.69 Å². The van der Waals surface area contributed by atoms with Crippen LogP contribution in [0.2, 0.25) is 0 Å². The van der Waals surface area contributed by atoms with Gasteiger partial charge < -0.3 is 24.4 Å². The fraction of sp³-hybridized carbons (Fsp3) is 0.200. The zero-order valence-corrected chi connectivity index (χ0v) is 19.2. The van der Waals surface area contributed by atoms with Crippen LogP contribution in [0.3, 0.4) is 0 Å². The summed E-state index contributed by atoms with van der Waals surface area (Å²) in [4.78, 5) is 23.4. The SMILES string of the molecule is COc1ccc(C2C(C#N)=C(N)Oc3cc(C)oc(=O)c32)cc1COc1ccc([N+](=O)[O-])c(C)c1. The molecule has 1 unspecified atom stereocenters. The Labute approximate surface area is 199 Å². The van der Waals surface area contributed by atoms with Crippen LogP contribution in [0.25, 0.3) is 0 Å². The number of nitro benzene ring substituents is 1. The topological polar surface area (TPSA) is 151 Å². The molecule has 1 atom stereocenters. The highest BCUT2D eigenvalue weighted by Crippen LogP contribution is 2.41. The minimum atomic E-state index is -0.813. The van der Waals surface area contributed by atoms with Crippen molar-refractivity contribution in [1.82, 2.24) is 0 Å². The number of benzene rings is 2. The van der Waals surface area contributed by atoms with Crippen LogP contribution in [0.1, 0.15) is 33.9 Å². The van der Waals surface area contributed by atoms with E-state index < -0.39 is 16.5 Å². The molecule has 0 radical (unpaired) electrons. The Kier molecular flexibility index (Phi) is 6.16. The van der Waals surface area contributed by atoms with Gasteiger partial charge in [0.15, 0.2) is 0 Å². The molecule has 2 N–H and O–H groups in total. The highest BCUT2D eigenvalue weighted by molar-refractivity contribution is 5.56. The summed E-state index contributed by atoms with van der Waals surface area (Å²) in [7, 11) is 1.51. The van der Waals surface area contributed by atoms with Crippen LogP contribution in [-0.4, -0.2) is 12.0 Å². The Morgan fingerprint density at radius 2 is 1.97 bits per heavy atom. The third-order valence-corrected chi connectivity index (χ3v) is 5.65. The molecule has 178 valence electrons. The number of hydrogen-bond donors (Lipinski definition) is 1. The van der Waals surface area contributed by atoms with E-state index in [1.807, 2.05) is 6.07 Å². The number of nitriles is 1. The van der Waals surface area contributed by atoms with Crippen LogP contribution in [0.5, 0.6) is 17.2 Å². The zero-order chi connectivity index (χ0) is 25.3. The molecule has 0 bridgehead atoms. The maximum atomic E-state index is 12.7. The van der Waals surface area contributed by atoms with Gasteiger partial charge in [-0.15, -0.1) is 0 Å². The van der Waals surface area contributed by atoms with Crippen molar-refractivity contribution in [3.8, 4) is 23.3 Å². The fourth-order valence-corrected chi connectivity index (χ4v) is 4.03. The quantitative estimate of drug-likeness (QED) is 0.412. The second-order valence-electron chi connectivity index (χ2n) is 7.91. The number of methoxy groups -OCH3 is 1. The molecule has 1 aliphatic rings. The Morgan fingerprint density at radius 3 is 2.63 bits per heavy atom. The third-order valence-electron chi connectivity index (χ3n) is 5.65. The van der Waals surface area contributed by atoms with E-state index in [-0.39, 0.29) is 35.1 Å². The predicted octanol–water partition coefficient (Wildman–Crippen LogP) is 3.97. The summed E-state index contributed by atoms with van der Waals surface area (Å²) in [5.41, 5.74) is 7.32. The van der Waals surface area contributed by atoms with E-state index in [2.05, 4.69) is 0 Å². The van der Waals surface area contributed by atoms with Crippen molar-refractivity contribution in [3.63, 3.8) is 0 Å². The summed E-state index contributed by atoms with van der Waals surface area (Å²) in [5, 5.41) is 20.8. The monoisotopic (exact) mass is 475 g/mol. The van der Waals surface area contributed by atoms with Crippen molar-refractivity contribution >= 4 is 5.69 Å². The van der Waals surface area contributed by atoms with E-state index in [0.29, 0.717) is 33.9 Å². The van der Waals surface area contributed by atoms with Crippen LogP contribution in [0.4, 0.5) is 5.69 Å². The number of nitro groups is 1.